The van der Waals surface area contributed by atoms with Gasteiger partial charge in [-0.2, -0.15) is 9.61 Å². The number of halogens is 1. The highest BCUT2D eigenvalue weighted by molar-refractivity contribution is 5.76. The Kier molecular flexibility index (Phi) is 3.93. The Bertz CT molecular complexity index is 924. The van der Waals surface area contributed by atoms with E-state index in [9.17, 15) is 9.18 Å². The van der Waals surface area contributed by atoms with Gasteiger partial charge in [-0.05, 0) is 12.1 Å². The molecule has 128 valence electrons. The van der Waals surface area contributed by atoms with Crippen LogP contribution in [-0.2, 0) is 0 Å². The Labute approximate surface area is 143 Å². The van der Waals surface area contributed by atoms with Gasteiger partial charge in [-0.15, -0.1) is 0 Å². The molecule has 4 rings (SSSR count). The first-order valence-corrected chi connectivity index (χ1v) is 8.09. The number of carbonyl (C=O) groups excluding carboxylic acids is 1. The van der Waals surface area contributed by atoms with Crippen LogP contribution in [0.15, 0.2) is 42.6 Å². The van der Waals surface area contributed by atoms with Crippen LogP contribution in [0, 0.1) is 5.82 Å². The lowest BCUT2D eigenvalue weighted by molar-refractivity contribution is 0.219. The first-order valence-electron chi connectivity index (χ1n) is 8.09. The number of hydrogen-bond acceptors (Lipinski definition) is 4. The molecule has 1 aromatic carbocycles. The van der Waals surface area contributed by atoms with Gasteiger partial charge in [0.1, 0.15) is 11.6 Å². The van der Waals surface area contributed by atoms with Crippen molar-refractivity contribution in [3.63, 3.8) is 0 Å². The van der Waals surface area contributed by atoms with Gasteiger partial charge >= 0.3 is 6.03 Å². The summed E-state index contributed by atoms with van der Waals surface area (Å²) in [4.78, 5) is 17.8. The Hall–Kier alpha value is -3.16. The molecule has 7 nitrogen and oxygen atoms in total. The number of benzene rings is 1. The maximum absolute atomic E-state index is 14.1. The fraction of sp³-hybridized carbons (Fsp3) is 0.235. The summed E-state index contributed by atoms with van der Waals surface area (Å²) < 4.78 is 15.8. The average molecular weight is 340 g/mol. The summed E-state index contributed by atoms with van der Waals surface area (Å²) in [5.74, 6) is 0.381. The molecular formula is C17H17FN6O. The molecule has 1 fully saturated rings. The zero-order valence-corrected chi connectivity index (χ0v) is 13.4. The summed E-state index contributed by atoms with van der Waals surface area (Å²) >= 11 is 0. The van der Waals surface area contributed by atoms with Crippen LogP contribution in [0.4, 0.5) is 15.0 Å². The summed E-state index contributed by atoms with van der Waals surface area (Å²) in [5, 5.41) is 10.3. The van der Waals surface area contributed by atoms with Gasteiger partial charge in [-0.25, -0.2) is 14.2 Å². The molecule has 8 heteroatoms. The van der Waals surface area contributed by atoms with Gasteiger partial charge in [0.2, 0.25) is 0 Å². The van der Waals surface area contributed by atoms with Crippen LogP contribution in [0.2, 0.25) is 0 Å². The summed E-state index contributed by atoms with van der Waals surface area (Å²) in [6.07, 6.45) is 1.65. The highest BCUT2D eigenvalue weighted by atomic mass is 19.1. The van der Waals surface area contributed by atoms with Crippen molar-refractivity contribution in [3.05, 3.63) is 48.4 Å². The van der Waals surface area contributed by atoms with Crippen molar-refractivity contribution in [2.24, 2.45) is 0 Å². The number of rotatable bonds is 5. The lowest BCUT2D eigenvalue weighted by atomic mass is 10.1. The second kappa shape index (κ2) is 6.39. The van der Waals surface area contributed by atoms with E-state index in [2.05, 4.69) is 20.7 Å². The summed E-state index contributed by atoms with van der Waals surface area (Å²) in [5.41, 5.74) is 1.60. The van der Waals surface area contributed by atoms with Crippen LogP contribution < -0.4 is 10.6 Å². The van der Waals surface area contributed by atoms with Crippen LogP contribution in [-0.4, -0.2) is 51.7 Å². The number of hydrogen-bond donors (Lipinski definition) is 2. The molecule has 1 aliphatic rings. The van der Waals surface area contributed by atoms with Crippen LogP contribution in [0.3, 0.4) is 0 Å². The van der Waals surface area contributed by atoms with Crippen LogP contribution in [0.5, 0.6) is 0 Å². The van der Waals surface area contributed by atoms with Gasteiger partial charge in [-0.3, -0.25) is 0 Å². The minimum atomic E-state index is -0.321. The number of aromatic nitrogens is 3. The standard InChI is InChI=1S/C17H17FN6O/c18-13-4-2-1-3-12(13)14-11-16(24-15(22-14)5-6-21-24)19-7-9-23-10-8-20-17(23)25/h1-6,11,19H,7-10H2,(H,20,25). The second-order valence-electron chi connectivity index (χ2n) is 5.75. The maximum atomic E-state index is 14.1. The first kappa shape index (κ1) is 15.4. The average Bonchev–Trinajstić information content (AvgIpc) is 3.24. The van der Waals surface area contributed by atoms with Gasteiger partial charge in [-0.1, -0.05) is 12.1 Å². The van der Waals surface area contributed by atoms with E-state index < -0.39 is 0 Å². The summed E-state index contributed by atoms with van der Waals surface area (Å²) in [7, 11) is 0. The fourth-order valence-corrected chi connectivity index (χ4v) is 2.89. The lowest BCUT2D eigenvalue weighted by Crippen LogP contribution is -2.32. The Morgan fingerprint density at radius 3 is 2.96 bits per heavy atom. The van der Waals surface area contributed by atoms with Gasteiger partial charge in [0, 0.05) is 43.9 Å². The fourth-order valence-electron chi connectivity index (χ4n) is 2.89. The molecule has 0 aliphatic carbocycles. The Morgan fingerprint density at radius 2 is 2.16 bits per heavy atom. The Morgan fingerprint density at radius 1 is 1.28 bits per heavy atom. The third-order valence-electron chi connectivity index (χ3n) is 4.14. The molecule has 0 saturated carbocycles. The zero-order valence-electron chi connectivity index (χ0n) is 13.4. The summed E-state index contributed by atoms with van der Waals surface area (Å²) in [6.45, 7) is 2.51. The lowest BCUT2D eigenvalue weighted by Gasteiger charge is -2.16. The number of nitrogens with zero attached hydrogens (tertiary/aromatic N) is 4. The molecule has 0 spiro atoms. The van der Waals surface area contributed by atoms with E-state index in [0.717, 1.165) is 0 Å². The van der Waals surface area contributed by atoms with E-state index in [4.69, 9.17) is 0 Å². The molecule has 2 amide bonds. The second-order valence-corrected chi connectivity index (χ2v) is 5.75. The van der Waals surface area contributed by atoms with Crippen molar-refractivity contribution in [2.75, 3.05) is 31.5 Å². The molecule has 0 atom stereocenters. The smallest absolute Gasteiger partial charge is 0.317 e. The molecule has 25 heavy (non-hydrogen) atoms. The van der Waals surface area contributed by atoms with Gasteiger partial charge in [0.05, 0.1) is 11.9 Å². The molecule has 2 aromatic heterocycles. The predicted molar refractivity (Wildman–Crippen MR) is 91.8 cm³/mol. The number of carbonyl (C=O) groups is 1. The van der Waals surface area contributed by atoms with Gasteiger partial charge < -0.3 is 15.5 Å². The van der Waals surface area contributed by atoms with Crippen LogP contribution in [0.1, 0.15) is 0 Å². The third kappa shape index (κ3) is 2.98. The SMILES string of the molecule is O=C1NCCN1CCNc1cc(-c2ccccc2F)nc2ccnn12. The van der Waals surface area contributed by atoms with Crippen molar-refractivity contribution in [3.8, 4) is 11.3 Å². The molecular weight excluding hydrogens is 323 g/mol. The quantitative estimate of drug-likeness (QED) is 0.745. The van der Waals surface area contributed by atoms with Crippen LogP contribution >= 0.6 is 0 Å². The van der Waals surface area contributed by atoms with E-state index in [1.807, 2.05) is 0 Å². The number of amides is 2. The molecule has 0 radical (unpaired) electrons. The molecule has 3 heterocycles. The highest BCUT2D eigenvalue weighted by Gasteiger charge is 2.18. The normalized spacial score (nSPS) is 14.1. The third-order valence-corrected chi connectivity index (χ3v) is 4.14. The molecule has 1 aliphatic heterocycles. The topological polar surface area (TPSA) is 74.6 Å². The number of urea groups is 1. The van der Waals surface area contributed by atoms with Crippen LogP contribution in [0.25, 0.3) is 16.9 Å². The van der Waals surface area contributed by atoms with E-state index in [0.29, 0.717) is 48.9 Å². The molecule has 2 N–H and O–H groups in total. The zero-order chi connectivity index (χ0) is 17.2. The minimum absolute atomic E-state index is 0.0483. The van der Waals surface area contributed by atoms with Crippen molar-refractivity contribution >= 4 is 17.5 Å². The van der Waals surface area contributed by atoms with Crippen molar-refractivity contribution in [1.82, 2.24) is 24.8 Å². The largest absolute Gasteiger partial charge is 0.368 e. The van der Waals surface area contributed by atoms with Crippen molar-refractivity contribution in [2.45, 2.75) is 0 Å². The predicted octanol–water partition coefficient (Wildman–Crippen LogP) is 1.97. The maximum Gasteiger partial charge on any atom is 0.317 e. The highest BCUT2D eigenvalue weighted by Crippen LogP contribution is 2.24. The van der Waals surface area contributed by atoms with Gasteiger partial charge in [0.25, 0.3) is 0 Å². The Balaban J connectivity index is 1.60. The minimum Gasteiger partial charge on any atom is -0.368 e. The molecule has 3 aromatic rings. The first-order chi connectivity index (χ1) is 12.2. The molecule has 1 saturated heterocycles. The molecule has 0 unspecified atom stereocenters. The number of nitrogens with one attached hydrogen (secondary N) is 2. The molecule has 0 bridgehead atoms. The number of anilines is 1. The number of fused-ring (bicyclic) bond motifs is 1. The van der Waals surface area contributed by atoms with E-state index in [-0.39, 0.29) is 11.8 Å². The van der Waals surface area contributed by atoms with E-state index in [1.54, 1.807) is 45.9 Å². The van der Waals surface area contributed by atoms with E-state index >= 15 is 0 Å². The van der Waals surface area contributed by atoms with Crippen molar-refractivity contribution in [1.29, 1.82) is 0 Å². The summed E-state index contributed by atoms with van der Waals surface area (Å²) in [6, 6.07) is 10.0. The van der Waals surface area contributed by atoms with Gasteiger partial charge in [0.15, 0.2) is 5.65 Å². The van der Waals surface area contributed by atoms with E-state index in [1.165, 1.54) is 6.07 Å². The van der Waals surface area contributed by atoms with Crippen molar-refractivity contribution < 1.29 is 9.18 Å². The monoisotopic (exact) mass is 340 g/mol.